The maximum Gasteiger partial charge on any atom is 0.150 e. The van der Waals surface area contributed by atoms with Crippen molar-refractivity contribution in [3.8, 4) is 0 Å². The topological polar surface area (TPSA) is 49.8 Å². The molecule has 0 saturated heterocycles. The molecule has 0 aliphatic heterocycles. The van der Waals surface area contributed by atoms with Gasteiger partial charge in [0.1, 0.15) is 22.4 Å². The minimum absolute atomic E-state index is 0.663. The number of benzene rings is 1. The second-order valence-electron chi connectivity index (χ2n) is 3.97. The molecule has 1 aromatic carbocycles. The molecule has 1 aromatic heterocycles. The Hall–Kier alpha value is -1.33. The summed E-state index contributed by atoms with van der Waals surface area (Å²) in [5, 5.41) is 7.06. The number of para-hydroxylation sites is 1. The number of hydrogen-bond donors (Lipinski definition) is 2. The van der Waals surface area contributed by atoms with Crippen LogP contribution in [0.15, 0.2) is 29.0 Å². The molecule has 0 atom stereocenters. The van der Waals surface area contributed by atoms with Gasteiger partial charge >= 0.3 is 0 Å². The Morgan fingerprint density at radius 1 is 1.26 bits per heavy atom. The van der Waals surface area contributed by atoms with E-state index in [1.807, 2.05) is 32.0 Å². The number of nitrogens with one attached hydrogen (secondary N) is 2. The summed E-state index contributed by atoms with van der Waals surface area (Å²) in [7, 11) is 0. The molecule has 1 heterocycles. The summed E-state index contributed by atoms with van der Waals surface area (Å²) in [4.78, 5) is 8.40. The molecule has 19 heavy (non-hydrogen) atoms. The molecule has 0 spiro atoms. The molecule has 2 aromatic rings. The van der Waals surface area contributed by atoms with Crippen molar-refractivity contribution in [3.05, 3.63) is 39.6 Å². The molecule has 0 unspecified atom stereocenters. The predicted octanol–water partition coefficient (Wildman–Crippen LogP) is 4.38. The van der Waals surface area contributed by atoms with E-state index < -0.39 is 0 Å². The number of aryl methyl sites for hydroxylation is 1. The van der Waals surface area contributed by atoms with E-state index in [1.165, 1.54) is 6.33 Å². The van der Waals surface area contributed by atoms with Crippen LogP contribution in [-0.4, -0.2) is 16.5 Å². The fourth-order valence-electron chi connectivity index (χ4n) is 1.66. The Kier molecular flexibility index (Phi) is 4.61. The van der Waals surface area contributed by atoms with Crippen LogP contribution in [0.5, 0.6) is 0 Å². The Labute approximate surface area is 125 Å². The van der Waals surface area contributed by atoms with Gasteiger partial charge in [0.05, 0.1) is 10.7 Å². The van der Waals surface area contributed by atoms with Gasteiger partial charge in [-0.2, -0.15) is 0 Å². The summed E-state index contributed by atoms with van der Waals surface area (Å²) in [6.45, 7) is 4.80. The van der Waals surface area contributed by atoms with E-state index in [9.17, 15) is 0 Å². The monoisotopic (exact) mass is 340 g/mol. The zero-order chi connectivity index (χ0) is 13.8. The van der Waals surface area contributed by atoms with Gasteiger partial charge in [-0.15, -0.1) is 0 Å². The van der Waals surface area contributed by atoms with Gasteiger partial charge in [-0.3, -0.25) is 0 Å². The van der Waals surface area contributed by atoms with E-state index in [4.69, 9.17) is 11.6 Å². The van der Waals surface area contributed by atoms with E-state index in [0.29, 0.717) is 10.8 Å². The molecular formula is C13H14BrClN4. The normalized spacial score (nSPS) is 10.3. The van der Waals surface area contributed by atoms with Crippen molar-refractivity contribution in [2.75, 3.05) is 17.2 Å². The molecule has 2 N–H and O–H groups in total. The summed E-state index contributed by atoms with van der Waals surface area (Å²) < 4.78 is 0.788. The first-order valence-corrected chi connectivity index (χ1v) is 7.07. The van der Waals surface area contributed by atoms with E-state index >= 15 is 0 Å². The highest BCUT2D eigenvalue weighted by molar-refractivity contribution is 9.10. The second kappa shape index (κ2) is 6.21. The summed E-state index contributed by atoms with van der Waals surface area (Å²) in [5.41, 5.74) is 1.91. The summed E-state index contributed by atoms with van der Waals surface area (Å²) in [6.07, 6.45) is 1.51. The van der Waals surface area contributed by atoms with Crippen molar-refractivity contribution in [3.63, 3.8) is 0 Å². The van der Waals surface area contributed by atoms with Crippen molar-refractivity contribution < 1.29 is 0 Å². The zero-order valence-corrected chi connectivity index (χ0v) is 13.0. The van der Waals surface area contributed by atoms with Crippen molar-refractivity contribution in [2.45, 2.75) is 13.8 Å². The van der Waals surface area contributed by atoms with Crippen LogP contribution in [0.4, 0.5) is 17.3 Å². The molecule has 0 radical (unpaired) electrons. The first-order valence-electron chi connectivity index (χ1n) is 5.90. The van der Waals surface area contributed by atoms with Crippen LogP contribution in [-0.2, 0) is 0 Å². The van der Waals surface area contributed by atoms with Crippen molar-refractivity contribution in [1.29, 1.82) is 0 Å². The van der Waals surface area contributed by atoms with E-state index in [1.54, 1.807) is 0 Å². The molecule has 0 aliphatic carbocycles. The zero-order valence-electron chi connectivity index (χ0n) is 10.7. The number of nitrogens with zero attached hydrogens (tertiary/aromatic N) is 2. The first-order chi connectivity index (χ1) is 9.13. The van der Waals surface area contributed by atoms with E-state index in [-0.39, 0.29) is 0 Å². The maximum absolute atomic E-state index is 6.20. The fraction of sp³-hybridized carbons (Fsp3) is 0.231. The second-order valence-corrected chi connectivity index (χ2v) is 5.17. The Morgan fingerprint density at radius 2 is 2.00 bits per heavy atom. The summed E-state index contributed by atoms with van der Waals surface area (Å²) in [6, 6.07) is 5.76. The van der Waals surface area contributed by atoms with E-state index in [2.05, 4.69) is 36.5 Å². The number of anilines is 3. The smallest absolute Gasteiger partial charge is 0.150 e. The minimum atomic E-state index is 0.663. The van der Waals surface area contributed by atoms with Crippen molar-refractivity contribution in [2.24, 2.45) is 0 Å². The maximum atomic E-state index is 6.20. The van der Waals surface area contributed by atoms with Crippen molar-refractivity contribution in [1.82, 2.24) is 9.97 Å². The van der Waals surface area contributed by atoms with Crippen LogP contribution in [0.25, 0.3) is 0 Å². The van der Waals surface area contributed by atoms with Gasteiger partial charge in [-0.05, 0) is 41.4 Å². The van der Waals surface area contributed by atoms with Gasteiger partial charge in [0.2, 0.25) is 0 Å². The van der Waals surface area contributed by atoms with Crippen LogP contribution in [0.2, 0.25) is 5.02 Å². The third-order valence-electron chi connectivity index (χ3n) is 2.60. The highest BCUT2D eigenvalue weighted by Crippen LogP contribution is 2.33. The van der Waals surface area contributed by atoms with Crippen LogP contribution in [0.3, 0.4) is 0 Å². The lowest BCUT2D eigenvalue weighted by Crippen LogP contribution is -2.04. The Morgan fingerprint density at radius 3 is 2.68 bits per heavy atom. The molecule has 0 bridgehead atoms. The number of rotatable bonds is 4. The highest BCUT2D eigenvalue weighted by atomic mass is 79.9. The fourth-order valence-corrected chi connectivity index (χ4v) is 2.37. The molecule has 0 aliphatic rings. The quantitative estimate of drug-likeness (QED) is 0.866. The summed E-state index contributed by atoms with van der Waals surface area (Å²) in [5.74, 6) is 1.44. The van der Waals surface area contributed by atoms with Crippen LogP contribution >= 0.6 is 27.5 Å². The average molecular weight is 342 g/mol. The number of halogens is 2. The van der Waals surface area contributed by atoms with Gasteiger partial charge in [0, 0.05) is 6.54 Å². The van der Waals surface area contributed by atoms with Crippen LogP contribution in [0, 0.1) is 6.92 Å². The van der Waals surface area contributed by atoms with Gasteiger partial charge in [0.15, 0.2) is 0 Å². The van der Waals surface area contributed by atoms with Gasteiger partial charge in [0.25, 0.3) is 0 Å². The molecule has 0 amide bonds. The van der Waals surface area contributed by atoms with Crippen LogP contribution < -0.4 is 10.6 Å². The summed E-state index contributed by atoms with van der Waals surface area (Å²) >= 11 is 9.69. The molecule has 0 saturated carbocycles. The average Bonchev–Trinajstić information content (AvgIpc) is 2.38. The van der Waals surface area contributed by atoms with Crippen LogP contribution in [0.1, 0.15) is 12.5 Å². The van der Waals surface area contributed by atoms with Gasteiger partial charge < -0.3 is 10.6 Å². The Bertz CT molecular complexity index is 569. The molecule has 100 valence electrons. The van der Waals surface area contributed by atoms with Gasteiger partial charge in [-0.1, -0.05) is 23.7 Å². The number of aromatic nitrogens is 2. The minimum Gasteiger partial charge on any atom is -0.369 e. The predicted molar refractivity (Wildman–Crippen MR) is 83.4 cm³/mol. The molecule has 2 rings (SSSR count). The lowest BCUT2D eigenvalue weighted by Gasteiger charge is -2.13. The largest absolute Gasteiger partial charge is 0.369 e. The SMILES string of the molecule is CCNc1ncnc(Nc2c(C)cccc2Cl)c1Br. The molecule has 4 nitrogen and oxygen atoms in total. The lowest BCUT2D eigenvalue weighted by atomic mass is 10.2. The highest BCUT2D eigenvalue weighted by Gasteiger charge is 2.11. The third kappa shape index (κ3) is 3.16. The first kappa shape index (κ1) is 14.1. The van der Waals surface area contributed by atoms with Crippen molar-refractivity contribution >= 4 is 44.9 Å². The molecule has 6 heteroatoms. The molecule has 0 fully saturated rings. The number of hydrogen-bond acceptors (Lipinski definition) is 4. The lowest BCUT2D eigenvalue weighted by molar-refractivity contribution is 1.10. The third-order valence-corrected chi connectivity index (χ3v) is 3.67. The standard InChI is InChI=1S/C13H14BrClN4/c1-3-16-12-10(14)13(18-7-17-12)19-11-8(2)5-4-6-9(11)15/h4-7H,3H2,1-2H3,(H2,16,17,18,19). The Balaban J connectivity index is 2.36. The molecular weight excluding hydrogens is 328 g/mol. The van der Waals surface area contributed by atoms with E-state index in [0.717, 1.165) is 28.1 Å². The van der Waals surface area contributed by atoms with Gasteiger partial charge in [-0.25, -0.2) is 9.97 Å².